The van der Waals surface area contributed by atoms with Gasteiger partial charge in [0.15, 0.2) is 0 Å². The number of aryl methyl sites for hydroxylation is 1. The van der Waals surface area contributed by atoms with E-state index in [0.717, 1.165) is 55.2 Å². The number of benzene rings is 3. The van der Waals surface area contributed by atoms with Crippen LogP contribution in [0, 0.1) is 6.92 Å². The summed E-state index contributed by atoms with van der Waals surface area (Å²) < 4.78 is 13.9. The Morgan fingerprint density at radius 2 is 1.68 bits per heavy atom. The van der Waals surface area contributed by atoms with Gasteiger partial charge in [-0.25, -0.2) is 4.98 Å². The maximum atomic E-state index is 13.6. The van der Waals surface area contributed by atoms with Crippen molar-refractivity contribution in [1.29, 1.82) is 0 Å². The molecule has 7 heteroatoms. The van der Waals surface area contributed by atoms with Crippen molar-refractivity contribution in [2.75, 3.05) is 20.3 Å². The summed E-state index contributed by atoms with van der Waals surface area (Å²) in [5.41, 5.74) is 3.33. The molecular weight excluding hydrogens is 512 g/mol. The molecule has 0 spiro atoms. The van der Waals surface area contributed by atoms with Gasteiger partial charge in [0.05, 0.1) is 18.7 Å². The summed E-state index contributed by atoms with van der Waals surface area (Å²) in [5, 5.41) is 3.32. The average molecular weight is 553 g/mol. The number of methoxy groups -OCH3 is 1. The number of ether oxygens (including phenoxy) is 2. The van der Waals surface area contributed by atoms with Crippen LogP contribution in [0.1, 0.15) is 47.8 Å². The zero-order valence-electron chi connectivity index (χ0n) is 24.0. The molecule has 7 nitrogen and oxygen atoms in total. The van der Waals surface area contributed by atoms with E-state index in [-0.39, 0.29) is 24.1 Å². The number of carbonyl (C=O) groups excluding carboxylic acids is 1. The first-order valence-electron chi connectivity index (χ1n) is 14.5. The van der Waals surface area contributed by atoms with E-state index in [2.05, 4.69) is 56.2 Å². The maximum Gasteiger partial charge on any atom is 0.222 e. The number of hydrogen-bond acceptors (Lipinski definition) is 5. The lowest BCUT2D eigenvalue weighted by Gasteiger charge is -2.40. The number of amides is 1. The van der Waals surface area contributed by atoms with Gasteiger partial charge in [-0.1, -0.05) is 72.8 Å². The second-order valence-corrected chi connectivity index (χ2v) is 10.6. The predicted molar refractivity (Wildman–Crippen MR) is 161 cm³/mol. The number of hydrogen-bond donors (Lipinski definition) is 1. The summed E-state index contributed by atoms with van der Waals surface area (Å²) in [5.74, 6) is 1.86. The number of rotatable bonds is 12. The molecular formula is C34H40N4O3. The first-order valence-corrected chi connectivity index (χ1v) is 14.5. The minimum absolute atomic E-state index is 0.00436. The standard InChI is InChI=1S/C34H40N4O3/c1-26-35-19-21-37(26)22-23-41-30-17-15-27(16-18-30)25-38-20-9-14-32(40-2)31(38)24-33(39)36-34(28-10-5-3-6-11-28)29-12-7-4-8-13-29/h3-8,10-13,15-19,21,31-32,34H,9,14,20,22-25H2,1-2H3,(H,36,39)/t31-,32-/m1/s1. The van der Waals surface area contributed by atoms with Gasteiger partial charge in [-0.2, -0.15) is 0 Å². The van der Waals surface area contributed by atoms with Gasteiger partial charge in [0.2, 0.25) is 5.91 Å². The van der Waals surface area contributed by atoms with Crippen molar-refractivity contribution in [3.63, 3.8) is 0 Å². The van der Waals surface area contributed by atoms with E-state index in [1.165, 1.54) is 5.56 Å². The van der Waals surface area contributed by atoms with E-state index in [4.69, 9.17) is 9.47 Å². The van der Waals surface area contributed by atoms with Crippen molar-refractivity contribution >= 4 is 5.91 Å². The van der Waals surface area contributed by atoms with Gasteiger partial charge in [0.1, 0.15) is 18.2 Å². The smallest absolute Gasteiger partial charge is 0.222 e. The third-order valence-corrected chi connectivity index (χ3v) is 7.93. The molecule has 1 amide bonds. The summed E-state index contributed by atoms with van der Waals surface area (Å²) in [4.78, 5) is 20.2. The van der Waals surface area contributed by atoms with Gasteiger partial charge < -0.3 is 19.4 Å². The molecule has 1 aliphatic rings. The number of nitrogens with zero attached hydrogens (tertiary/aromatic N) is 3. The van der Waals surface area contributed by atoms with Crippen LogP contribution < -0.4 is 10.1 Å². The summed E-state index contributed by atoms with van der Waals surface area (Å²) in [7, 11) is 1.76. The molecule has 2 atom stereocenters. The molecule has 5 rings (SSSR count). The first-order chi connectivity index (χ1) is 20.1. The van der Waals surface area contributed by atoms with Gasteiger partial charge in [-0.05, 0) is 55.1 Å². The molecule has 3 aromatic carbocycles. The second-order valence-electron chi connectivity index (χ2n) is 10.6. The van der Waals surface area contributed by atoms with Crippen molar-refractivity contribution in [2.24, 2.45) is 0 Å². The van der Waals surface area contributed by atoms with Crippen molar-refractivity contribution in [3.8, 4) is 5.75 Å². The van der Waals surface area contributed by atoms with Gasteiger partial charge in [-0.15, -0.1) is 0 Å². The molecule has 1 aliphatic heterocycles. The Hall–Kier alpha value is -3.94. The molecule has 0 unspecified atom stereocenters. The molecule has 1 aromatic heterocycles. The number of likely N-dealkylation sites (tertiary alicyclic amines) is 1. The molecule has 1 saturated heterocycles. The van der Waals surface area contributed by atoms with Crippen LogP contribution in [0.15, 0.2) is 97.3 Å². The molecule has 0 aliphatic carbocycles. The van der Waals surface area contributed by atoms with E-state index >= 15 is 0 Å². The van der Waals surface area contributed by atoms with Crippen molar-refractivity contribution in [3.05, 3.63) is 120 Å². The highest BCUT2D eigenvalue weighted by atomic mass is 16.5. The van der Waals surface area contributed by atoms with Gasteiger partial charge in [-0.3, -0.25) is 9.69 Å². The molecule has 0 saturated carbocycles. The van der Waals surface area contributed by atoms with Crippen molar-refractivity contribution in [2.45, 2.75) is 57.5 Å². The zero-order valence-corrected chi connectivity index (χ0v) is 24.0. The molecule has 4 aromatic rings. The lowest BCUT2D eigenvalue weighted by atomic mass is 9.94. The quantitative estimate of drug-likeness (QED) is 0.250. The predicted octanol–water partition coefficient (Wildman–Crippen LogP) is 5.55. The SMILES string of the molecule is CO[C@@H]1CCCN(Cc2ccc(OCCn3ccnc3C)cc2)[C@@H]1CC(=O)NC(c1ccccc1)c1ccccc1. The number of piperidine rings is 1. The molecule has 41 heavy (non-hydrogen) atoms. The highest BCUT2D eigenvalue weighted by Crippen LogP contribution is 2.27. The van der Waals surface area contributed by atoms with E-state index in [1.807, 2.05) is 61.7 Å². The van der Waals surface area contributed by atoms with E-state index in [1.54, 1.807) is 13.3 Å². The minimum Gasteiger partial charge on any atom is -0.492 e. The third kappa shape index (κ3) is 7.63. The topological polar surface area (TPSA) is 68.6 Å². The van der Waals surface area contributed by atoms with Crippen LogP contribution in [0.3, 0.4) is 0 Å². The van der Waals surface area contributed by atoms with Crippen molar-refractivity contribution in [1.82, 2.24) is 19.8 Å². The van der Waals surface area contributed by atoms with Crippen molar-refractivity contribution < 1.29 is 14.3 Å². The summed E-state index contributed by atoms with van der Waals surface area (Å²) in [6.45, 7) is 5.03. The average Bonchev–Trinajstić information content (AvgIpc) is 3.42. The van der Waals surface area contributed by atoms with Crippen LogP contribution in [0.25, 0.3) is 0 Å². The van der Waals surface area contributed by atoms with Gasteiger partial charge in [0.25, 0.3) is 0 Å². The Bertz CT molecular complexity index is 1320. The normalized spacial score (nSPS) is 17.4. The molecule has 0 radical (unpaired) electrons. The minimum atomic E-state index is -0.201. The number of imidazole rings is 1. The highest BCUT2D eigenvalue weighted by molar-refractivity contribution is 5.77. The Balaban J connectivity index is 1.22. The zero-order chi connectivity index (χ0) is 28.4. The van der Waals surface area contributed by atoms with Gasteiger partial charge >= 0.3 is 0 Å². The van der Waals surface area contributed by atoms with Crippen LogP contribution in [-0.4, -0.2) is 52.8 Å². The Morgan fingerprint density at radius 3 is 2.29 bits per heavy atom. The van der Waals surface area contributed by atoms with Crippen LogP contribution in [-0.2, 0) is 22.6 Å². The fraction of sp³-hybridized carbons (Fsp3) is 0.353. The van der Waals surface area contributed by atoms with E-state index in [9.17, 15) is 4.79 Å². The van der Waals surface area contributed by atoms with Crippen LogP contribution in [0.4, 0.5) is 0 Å². The second kappa shape index (κ2) is 14.1. The highest BCUT2D eigenvalue weighted by Gasteiger charge is 2.33. The van der Waals surface area contributed by atoms with Crippen LogP contribution in [0.5, 0.6) is 5.75 Å². The monoisotopic (exact) mass is 552 g/mol. The molecule has 1 N–H and O–H groups in total. The van der Waals surface area contributed by atoms with E-state index < -0.39 is 0 Å². The summed E-state index contributed by atoms with van der Waals surface area (Å²) in [6.07, 6.45) is 6.16. The van der Waals surface area contributed by atoms with E-state index in [0.29, 0.717) is 13.0 Å². The third-order valence-electron chi connectivity index (χ3n) is 7.93. The Morgan fingerprint density at radius 1 is 1.00 bits per heavy atom. The number of aromatic nitrogens is 2. The lowest BCUT2D eigenvalue weighted by molar-refractivity contribution is -0.125. The Labute approximate surface area is 243 Å². The number of carbonyl (C=O) groups is 1. The van der Waals surface area contributed by atoms with Gasteiger partial charge in [0, 0.05) is 38.5 Å². The Kier molecular flexibility index (Phi) is 9.83. The molecule has 1 fully saturated rings. The number of nitrogens with one attached hydrogen (secondary N) is 1. The molecule has 214 valence electrons. The summed E-state index contributed by atoms with van der Waals surface area (Å²) in [6, 6.07) is 28.4. The fourth-order valence-corrected chi connectivity index (χ4v) is 5.71. The fourth-order valence-electron chi connectivity index (χ4n) is 5.71. The first kappa shape index (κ1) is 28.6. The van der Waals surface area contributed by atoms with Crippen LogP contribution in [0.2, 0.25) is 0 Å². The molecule has 0 bridgehead atoms. The molecule has 2 heterocycles. The lowest BCUT2D eigenvalue weighted by Crippen LogP contribution is -2.50. The van der Waals surface area contributed by atoms with Crippen LogP contribution >= 0.6 is 0 Å². The largest absolute Gasteiger partial charge is 0.492 e. The maximum absolute atomic E-state index is 13.6. The summed E-state index contributed by atoms with van der Waals surface area (Å²) >= 11 is 0.